The smallest absolute Gasteiger partial charge is 0.252 e. The molecule has 5 aromatic rings. The Hall–Kier alpha value is -4.65. The monoisotopic (exact) mass is 572 g/mol. The van der Waals surface area contributed by atoms with Gasteiger partial charge in [0.1, 0.15) is 22.9 Å². The van der Waals surface area contributed by atoms with Crippen molar-refractivity contribution >= 4 is 28.6 Å². The normalized spacial score (nSPS) is 19.6. The number of H-pyrrole nitrogens is 1. The molecule has 12 nitrogen and oxygen atoms in total. The van der Waals surface area contributed by atoms with Crippen LogP contribution in [-0.2, 0) is 16.6 Å². The molecule has 218 valence electrons. The van der Waals surface area contributed by atoms with Crippen molar-refractivity contribution in [3.63, 3.8) is 0 Å². The molecule has 0 aliphatic heterocycles. The van der Waals surface area contributed by atoms with Crippen molar-refractivity contribution in [3.05, 3.63) is 72.0 Å². The number of ether oxygens (including phenoxy) is 1. The number of methoxy groups -OCH3 is 1. The molecule has 0 aromatic carbocycles. The molecule has 1 aliphatic rings. The number of carbonyl (C=O) groups is 1. The number of halogens is 1. The van der Waals surface area contributed by atoms with Crippen LogP contribution >= 0.6 is 0 Å². The summed E-state index contributed by atoms with van der Waals surface area (Å²) in [6.45, 7) is 3.84. The molecule has 0 bridgehead atoms. The molecule has 0 unspecified atom stereocenters. The van der Waals surface area contributed by atoms with Gasteiger partial charge < -0.3 is 19.9 Å². The third-order valence-corrected chi connectivity index (χ3v) is 8.06. The Morgan fingerprint density at radius 1 is 1.21 bits per heavy atom. The number of nitrogens with zero attached hydrogens (tertiary/aromatic N) is 7. The van der Waals surface area contributed by atoms with E-state index >= 15 is 0 Å². The van der Waals surface area contributed by atoms with Crippen LogP contribution in [0.2, 0.25) is 0 Å². The summed E-state index contributed by atoms with van der Waals surface area (Å²) >= 11 is 0. The molecule has 1 aliphatic carbocycles. The Morgan fingerprint density at radius 2 is 2.02 bits per heavy atom. The van der Waals surface area contributed by atoms with Crippen molar-refractivity contribution in [1.82, 2.24) is 44.8 Å². The van der Waals surface area contributed by atoms with E-state index in [-0.39, 0.29) is 17.9 Å². The highest BCUT2D eigenvalue weighted by Crippen LogP contribution is 2.40. The lowest BCUT2D eigenvalue weighted by Gasteiger charge is -2.38. The molecular weight excluding hydrogens is 539 g/mol. The Kier molecular flexibility index (Phi) is 7.19. The number of aromatic amines is 1. The van der Waals surface area contributed by atoms with Gasteiger partial charge in [-0.15, -0.1) is 0 Å². The second kappa shape index (κ2) is 11.0. The minimum atomic E-state index is -0.951. The summed E-state index contributed by atoms with van der Waals surface area (Å²) in [7, 11) is 3.55. The van der Waals surface area contributed by atoms with E-state index in [1.807, 2.05) is 49.9 Å². The molecule has 13 heteroatoms. The summed E-state index contributed by atoms with van der Waals surface area (Å²) < 4.78 is 22.5. The van der Waals surface area contributed by atoms with E-state index in [1.165, 1.54) is 10.9 Å². The Morgan fingerprint density at radius 3 is 2.67 bits per heavy atom. The van der Waals surface area contributed by atoms with Crippen molar-refractivity contribution in [3.8, 4) is 5.82 Å². The van der Waals surface area contributed by atoms with E-state index in [0.29, 0.717) is 43.1 Å². The molecule has 5 aromatic heterocycles. The van der Waals surface area contributed by atoms with Crippen LogP contribution in [0, 0.1) is 12.7 Å². The van der Waals surface area contributed by atoms with Gasteiger partial charge in [0, 0.05) is 44.2 Å². The fourth-order valence-electron chi connectivity index (χ4n) is 5.53. The summed E-state index contributed by atoms with van der Waals surface area (Å²) in [5, 5.41) is 18.5. The van der Waals surface area contributed by atoms with Crippen LogP contribution in [0.15, 0.2) is 49.1 Å². The van der Waals surface area contributed by atoms with Gasteiger partial charge in [-0.05, 0) is 57.2 Å². The highest BCUT2D eigenvalue weighted by atomic mass is 19.1. The first kappa shape index (κ1) is 27.5. The first-order valence-electron chi connectivity index (χ1n) is 13.9. The summed E-state index contributed by atoms with van der Waals surface area (Å²) in [5.41, 5.74) is 1.65. The van der Waals surface area contributed by atoms with Crippen LogP contribution in [0.25, 0.3) is 16.9 Å². The Bertz CT molecular complexity index is 1720. The van der Waals surface area contributed by atoms with Crippen LogP contribution in [-0.4, -0.2) is 58.1 Å². The number of carbonyl (C=O) groups excluding carboxylic acids is 1. The number of fused-ring (bicyclic) bond motifs is 1. The number of aromatic nitrogens is 8. The van der Waals surface area contributed by atoms with Crippen molar-refractivity contribution in [2.24, 2.45) is 7.05 Å². The molecule has 6 rings (SSSR count). The van der Waals surface area contributed by atoms with Crippen molar-refractivity contribution in [2.75, 3.05) is 12.4 Å². The van der Waals surface area contributed by atoms with Crippen LogP contribution in [0.4, 0.5) is 16.0 Å². The van der Waals surface area contributed by atoms with Gasteiger partial charge in [-0.1, -0.05) is 6.07 Å². The lowest BCUT2D eigenvalue weighted by molar-refractivity contribution is -0.148. The van der Waals surface area contributed by atoms with Gasteiger partial charge in [0.15, 0.2) is 17.5 Å². The summed E-state index contributed by atoms with van der Waals surface area (Å²) in [4.78, 5) is 27.7. The van der Waals surface area contributed by atoms with Gasteiger partial charge >= 0.3 is 0 Å². The average Bonchev–Trinajstić information content (AvgIpc) is 3.73. The lowest BCUT2D eigenvalue weighted by Crippen LogP contribution is -2.50. The van der Waals surface area contributed by atoms with E-state index < -0.39 is 11.4 Å². The topological polar surface area (TPSA) is 140 Å². The minimum absolute atomic E-state index is 0.0724. The lowest BCUT2D eigenvalue weighted by atomic mass is 9.77. The molecule has 1 saturated carbocycles. The largest absolute Gasteiger partial charge is 0.368 e. The number of rotatable bonds is 8. The first-order valence-corrected chi connectivity index (χ1v) is 13.9. The predicted octanol–water partition coefficient (Wildman–Crippen LogP) is 4.38. The van der Waals surface area contributed by atoms with Gasteiger partial charge in [-0.25, -0.2) is 24.0 Å². The second-order valence-corrected chi connectivity index (χ2v) is 10.9. The number of nitrogens with one attached hydrogen (secondary N) is 3. The van der Waals surface area contributed by atoms with Crippen LogP contribution < -0.4 is 10.6 Å². The molecule has 1 amide bonds. The van der Waals surface area contributed by atoms with Gasteiger partial charge in [0.25, 0.3) is 5.91 Å². The fourth-order valence-corrected chi connectivity index (χ4v) is 5.53. The Balaban J connectivity index is 1.15. The zero-order valence-corrected chi connectivity index (χ0v) is 23.9. The maximum Gasteiger partial charge on any atom is 0.252 e. The van der Waals surface area contributed by atoms with Gasteiger partial charge in [-0.2, -0.15) is 10.2 Å². The highest BCUT2D eigenvalue weighted by Gasteiger charge is 2.43. The summed E-state index contributed by atoms with van der Waals surface area (Å²) in [5.74, 6) is 2.09. The van der Waals surface area contributed by atoms with Gasteiger partial charge in [-0.3, -0.25) is 9.89 Å². The zero-order chi connectivity index (χ0) is 29.4. The summed E-state index contributed by atoms with van der Waals surface area (Å²) in [6, 6.07) is 7.19. The molecule has 0 spiro atoms. The number of amides is 1. The van der Waals surface area contributed by atoms with E-state index in [2.05, 4.69) is 30.9 Å². The molecule has 3 N–H and O–H groups in total. The fraction of sp³-hybridized carbons (Fsp3) is 0.379. The van der Waals surface area contributed by atoms with Crippen LogP contribution in [0.3, 0.4) is 0 Å². The average molecular weight is 573 g/mol. The molecule has 42 heavy (non-hydrogen) atoms. The molecule has 0 saturated heterocycles. The third-order valence-electron chi connectivity index (χ3n) is 8.06. The zero-order valence-electron chi connectivity index (χ0n) is 23.9. The maximum absolute atomic E-state index is 13.5. The van der Waals surface area contributed by atoms with Gasteiger partial charge in [0.2, 0.25) is 0 Å². The molecule has 0 radical (unpaired) electrons. The van der Waals surface area contributed by atoms with E-state index in [9.17, 15) is 9.18 Å². The van der Waals surface area contributed by atoms with E-state index in [4.69, 9.17) is 14.7 Å². The van der Waals surface area contributed by atoms with Crippen molar-refractivity contribution < 1.29 is 13.9 Å². The SMILES string of the molecule is COC1(C(=O)N[C@@H](C)c2ccc(-n3cc(F)cn3)nc2)CCC(c2nc(Nc3cc(C)[nH]n3)c3ccn(C)c3n2)CC1. The van der Waals surface area contributed by atoms with Crippen LogP contribution in [0.5, 0.6) is 0 Å². The highest BCUT2D eigenvalue weighted by molar-refractivity contribution is 5.89. The van der Waals surface area contributed by atoms with Crippen molar-refractivity contribution in [2.45, 2.75) is 57.1 Å². The van der Waals surface area contributed by atoms with E-state index in [1.54, 1.807) is 19.4 Å². The molecule has 1 fully saturated rings. The molecule has 1 atom stereocenters. The molecule has 5 heterocycles. The van der Waals surface area contributed by atoms with Crippen molar-refractivity contribution in [1.29, 1.82) is 0 Å². The van der Waals surface area contributed by atoms with E-state index in [0.717, 1.165) is 34.3 Å². The predicted molar refractivity (Wildman–Crippen MR) is 154 cm³/mol. The first-order chi connectivity index (χ1) is 20.2. The number of anilines is 2. The maximum atomic E-state index is 13.5. The second-order valence-electron chi connectivity index (χ2n) is 10.9. The summed E-state index contributed by atoms with van der Waals surface area (Å²) in [6.07, 6.45) is 8.46. The van der Waals surface area contributed by atoms with Gasteiger partial charge in [0.05, 0.1) is 23.8 Å². The van der Waals surface area contributed by atoms with Crippen LogP contribution in [0.1, 0.15) is 61.6 Å². The third kappa shape index (κ3) is 5.22. The number of hydrogen-bond acceptors (Lipinski definition) is 8. The minimum Gasteiger partial charge on any atom is -0.368 e. The quantitative estimate of drug-likeness (QED) is 0.249. The standard InChI is InChI=1S/C29H33FN10O2/c1-17-13-23(38-37-17)34-26-22-9-12-39(3)27(22)36-25(35-26)19-7-10-29(42-4,11-8-19)28(41)33-18(2)20-5-6-24(31-14-20)40-16-21(30)15-32-40/h5-6,9,12-16,18-19H,7-8,10-11H2,1-4H3,(H,33,41)(H2,34,35,36,37,38)/t18-,19?,29?/m0/s1. The number of aryl methyl sites for hydroxylation is 2. The molecular formula is C29H33FN10O2. The Labute approximate surface area is 241 Å². The number of pyridine rings is 1. The number of hydrogen-bond donors (Lipinski definition) is 3.